The summed E-state index contributed by atoms with van der Waals surface area (Å²) in [7, 11) is 0. The lowest BCUT2D eigenvalue weighted by Gasteiger charge is -2.07. The molecular weight excluding hydrogens is 107 g/mol. The van der Waals surface area contributed by atoms with E-state index in [4.69, 9.17) is 11.1 Å². The maximum Gasteiger partial charge on any atom is 0.149 e. The molecule has 0 rings (SSSR count). The number of halogens is 1. The third-order valence-corrected chi connectivity index (χ3v) is 1.04. The number of rotatable bonds is 3. The van der Waals surface area contributed by atoms with Gasteiger partial charge in [-0.2, -0.15) is 0 Å². The zero-order chi connectivity index (χ0) is 6.57. The molecule has 0 aromatic rings. The van der Waals surface area contributed by atoms with E-state index in [1.807, 2.05) is 0 Å². The van der Waals surface area contributed by atoms with Crippen molar-refractivity contribution in [1.29, 1.82) is 5.41 Å². The lowest BCUT2D eigenvalue weighted by Crippen LogP contribution is -2.31. The summed E-state index contributed by atoms with van der Waals surface area (Å²) < 4.78 is 12.2. The molecule has 0 amide bonds. The van der Waals surface area contributed by atoms with E-state index in [1.54, 1.807) is 6.92 Å². The minimum Gasteiger partial charge on any atom is -0.325 e. The van der Waals surface area contributed by atoms with E-state index in [0.717, 1.165) is 6.21 Å². The predicted molar refractivity (Wildman–Crippen MR) is 31.9 cm³/mol. The van der Waals surface area contributed by atoms with Gasteiger partial charge >= 0.3 is 0 Å². The number of alkyl halides is 1. The van der Waals surface area contributed by atoms with E-state index in [0.29, 0.717) is 6.42 Å². The van der Waals surface area contributed by atoms with Crippen molar-refractivity contribution in [1.82, 2.24) is 0 Å². The van der Waals surface area contributed by atoms with Crippen LogP contribution in [-0.2, 0) is 0 Å². The smallest absolute Gasteiger partial charge is 0.149 e. The molecule has 8 heavy (non-hydrogen) atoms. The minimum absolute atomic E-state index is 0.493. The first-order valence-corrected chi connectivity index (χ1v) is 2.62. The molecule has 2 nitrogen and oxygen atoms in total. The molecule has 0 radical (unpaired) electrons. The Morgan fingerprint density at radius 3 is 2.50 bits per heavy atom. The molecular formula is C5H11FN2. The van der Waals surface area contributed by atoms with E-state index in [9.17, 15) is 4.39 Å². The van der Waals surface area contributed by atoms with E-state index < -0.39 is 12.2 Å². The molecule has 0 saturated carbocycles. The van der Waals surface area contributed by atoms with Crippen molar-refractivity contribution in [2.75, 3.05) is 0 Å². The average molecular weight is 118 g/mol. The lowest BCUT2D eigenvalue weighted by molar-refractivity contribution is 0.361. The zero-order valence-corrected chi connectivity index (χ0v) is 4.89. The van der Waals surface area contributed by atoms with Crippen LogP contribution in [0.25, 0.3) is 0 Å². The predicted octanol–water partition coefficient (Wildman–Crippen LogP) is 0.711. The van der Waals surface area contributed by atoms with Crippen molar-refractivity contribution >= 4 is 6.21 Å². The zero-order valence-electron chi connectivity index (χ0n) is 4.89. The second-order valence-electron chi connectivity index (χ2n) is 1.68. The fraction of sp³-hybridized carbons (Fsp3) is 0.800. The van der Waals surface area contributed by atoms with Crippen LogP contribution < -0.4 is 5.73 Å². The summed E-state index contributed by atoms with van der Waals surface area (Å²) in [5, 5.41) is 6.46. The van der Waals surface area contributed by atoms with Gasteiger partial charge in [-0.05, 0) is 6.42 Å². The molecule has 0 bridgehead atoms. The highest BCUT2D eigenvalue weighted by Gasteiger charge is 2.09. The second-order valence-corrected chi connectivity index (χ2v) is 1.68. The van der Waals surface area contributed by atoms with Gasteiger partial charge < -0.3 is 11.1 Å². The highest BCUT2D eigenvalue weighted by molar-refractivity contribution is 5.60. The molecule has 48 valence electrons. The average Bonchev–Trinajstić information content (AvgIpc) is 1.84. The Hall–Kier alpha value is -0.440. The van der Waals surface area contributed by atoms with Crippen molar-refractivity contribution in [2.45, 2.75) is 25.6 Å². The molecule has 0 aliphatic heterocycles. The van der Waals surface area contributed by atoms with Crippen LogP contribution in [0, 0.1) is 5.41 Å². The quantitative estimate of drug-likeness (QED) is 0.527. The Morgan fingerprint density at radius 1 is 1.88 bits per heavy atom. The van der Waals surface area contributed by atoms with Gasteiger partial charge in [-0.3, -0.25) is 0 Å². The summed E-state index contributed by atoms with van der Waals surface area (Å²) in [5.74, 6) is 0. The van der Waals surface area contributed by atoms with Crippen LogP contribution in [0.3, 0.4) is 0 Å². The SMILES string of the molecule is CCC(N)C(F)C=N. The van der Waals surface area contributed by atoms with E-state index >= 15 is 0 Å². The molecule has 3 heteroatoms. The fourth-order valence-corrected chi connectivity index (χ4v) is 0.349. The Morgan fingerprint density at radius 2 is 2.38 bits per heavy atom. The maximum absolute atomic E-state index is 12.2. The normalized spacial score (nSPS) is 17.4. The number of hydrogen-bond acceptors (Lipinski definition) is 2. The highest BCUT2D eigenvalue weighted by atomic mass is 19.1. The van der Waals surface area contributed by atoms with E-state index in [2.05, 4.69) is 0 Å². The van der Waals surface area contributed by atoms with Gasteiger partial charge in [0.25, 0.3) is 0 Å². The van der Waals surface area contributed by atoms with Crippen molar-refractivity contribution in [2.24, 2.45) is 5.73 Å². The van der Waals surface area contributed by atoms with Crippen LogP contribution in [0.5, 0.6) is 0 Å². The van der Waals surface area contributed by atoms with Crippen LogP contribution in [-0.4, -0.2) is 18.4 Å². The molecule has 0 saturated heterocycles. The van der Waals surface area contributed by atoms with Crippen LogP contribution in [0.15, 0.2) is 0 Å². The molecule has 3 N–H and O–H groups in total. The number of nitrogens with one attached hydrogen (secondary N) is 1. The summed E-state index contributed by atoms with van der Waals surface area (Å²) in [6.45, 7) is 1.79. The molecule has 0 aromatic carbocycles. The van der Waals surface area contributed by atoms with E-state index in [-0.39, 0.29) is 0 Å². The summed E-state index contributed by atoms with van der Waals surface area (Å²) in [4.78, 5) is 0. The molecule has 0 spiro atoms. The van der Waals surface area contributed by atoms with Gasteiger partial charge in [-0.25, -0.2) is 4.39 Å². The van der Waals surface area contributed by atoms with Gasteiger partial charge in [0.05, 0.1) is 0 Å². The molecule has 0 aliphatic carbocycles. The van der Waals surface area contributed by atoms with Crippen LogP contribution >= 0.6 is 0 Å². The van der Waals surface area contributed by atoms with E-state index in [1.165, 1.54) is 0 Å². The Balaban J connectivity index is 3.44. The molecule has 0 aliphatic rings. The van der Waals surface area contributed by atoms with Crippen molar-refractivity contribution in [3.05, 3.63) is 0 Å². The van der Waals surface area contributed by atoms with Gasteiger partial charge in [-0.1, -0.05) is 6.92 Å². The van der Waals surface area contributed by atoms with Gasteiger partial charge in [-0.15, -0.1) is 0 Å². The first-order chi connectivity index (χ1) is 3.72. The summed E-state index contributed by atoms with van der Waals surface area (Å²) in [6, 6.07) is -0.493. The minimum atomic E-state index is -1.26. The van der Waals surface area contributed by atoms with Crippen molar-refractivity contribution in [3.63, 3.8) is 0 Å². The Kier molecular flexibility index (Phi) is 3.35. The topological polar surface area (TPSA) is 49.9 Å². The molecule has 0 aromatic heterocycles. The molecule has 0 heterocycles. The third kappa shape index (κ3) is 2.02. The third-order valence-electron chi connectivity index (χ3n) is 1.04. The number of hydrogen-bond donors (Lipinski definition) is 2. The van der Waals surface area contributed by atoms with Gasteiger partial charge in [0.2, 0.25) is 0 Å². The molecule has 2 unspecified atom stereocenters. The van der Waals surface area contributed by atoms with Crippen molar-refractivity contribution in [3.8, 4) is 0 Å². The number of nitrogens with two attached hydrogens (primary N) is 1. The summed E-state index contributed by atoms with van der Waals surface area (Å²) in [5.41, 5.74) is 5.20. The maximum atomic E-state index is 12.2. The van der Waals surface area contributed by atoms with Crippen LogP contribution in [0.1, 0.15) is 13.3 Å². The van der Waals surface area contributed by atoms with Gasteiger partial charge in [0.15, 0.2) is 0 Å². The Labute approximate surface area is 48.4 Å². The largest absolute Gasteiger partial charge is 0.325 e. The lowest BCUT2D eigenvalue weighted by atomic mass is 10.1. The standard InChI is InChI=1S/C5H11FN2/c1-2-5(8)4(6)3-7/h3-5,7H,2,8H2,1H3. The van der Waals surface area contributed by atoms with Gasteiger partial charge in [0.1, 0.15) is 6.17 Å². The van der Waals surface area contributed by atoms with Crippen LogP contribution in [0.2, 0.25) is 0 Å². The van der Waals surface area contributed by atoms with Crippen molar-refractivity contribution < 1.29 is 4.39 Å². The molecule has 0 fully saturated rings. The Bertz CT molecular complexity index is 74.8. The molecule has 2 atom stereocenters. The fourth-order valence-electron chi connectivity index (χ4n) is 0.349. The summed E-state index contributed by atoms with van der Waals surface area (Å²) >= 11 is 0. The first kappa shape index (κ1) is 7.56. The van der Waals surface area contributed by atoms with Gasteiger partial charge in [0, 0.05) is 12.3 Å². The first-order valence-electron chi connectivity index (χ1n) is 2.62. The summed E-state index contributed by atoms with van der Waals surface area (Å²) in [6.07, 6.45) is 0.0463. The monoisotopic (exact) mass is 118 g/mol. The van der Waals surface area contributed by atoms with Crippen LogP contribution in [0.4, 0.5) is 4.39 Å². The highest BCUT2D eigenvalue weighted by Crippen LogP contribution is 1.95. The second kappa shape index (κ2) is 3.55.